The number of benzene rings is 1. The van der Waals surface area contributed by atoms with E-state index in [2.05, 4.69) is 25.9 Å². The van der Waals surface area contributed by atoms with Crippen LogP contribution in [-0.4, -0.2) is 25.4 Å². The zero-order chi connectivity index (χ0) is 15.4. The van der Waals surface area contributed by atoms with Gasteiger partial charge in [-0.25, -0.2) is 4.98 Å². The minimum absolute atomic E-state index is 0.179. The molecule has 0 bridgehead atoms. The van der Waals surface area contributed by atoms with Crippen LogP contribution < -0.4 is 0 Å². The largest absolute Gasteiger partial charge is 0.481 e. The van der Waals surface area contributed by atoms with Crippen LogP contribution >= 0.6 is 15.9 Å². The van der Waals surface area contributed by atoms with Crippen LogP contribution in [0, 0.1) is 0 Å². The van der Waals surface area contributed by atoms with Crippen LogP contribution in [0.5, 0.6) is 0 Å². The molecule has 0 fully saturated rings. The molecule has 2 N–H and O–H groups in total. The molecule has 0 atom stereocenters. The highest BCUT2D eigenvalue weighted by molar-refractivity contribution is 9.10. The first-order valence-corrected chi connectivity index (χ1v) is 6.54. The van der Waals surface area contributed by atoms with Crippen molar-refractivity contribution in [3.63, 3.8) is 0 Å². The number of alkyl halides is 3. The van der Waals surface area contributed by atoms with E-state index in [1.807, 2.05) is 0 Å². The number of aromatic nitrogens is 3. The summed E-state index contributed by atoms with van der Waals surface area (Å²) in [6.45, 7) is 0. The van der Waals surface area contributed by atoms with Gasteiger partial charge in [-0.05, 0) is 34.1 Å². The molecule has 0 unspecified atom stereocenters. The Morgan fingerprint density at radius 3 is 2.76 bits per heavy atom. The number of halogens is 4. The lowest BCUT2D eigenvalue weighted by Gasteiger charge is -2.05. The molecular formula is C12H7BrF3N3O2. The van der Waals surface area contributed by atoms with Crippen LogP contribution in [-0.2, 0) is 17.4 Å². The summed E-state index contributed by atoms with van der Waals surface area (Å²) in [5.41, 5.74) is 0.251. The summed E-state index contributed by atoms with van der Waals surface area (Å²) in [4.78, 5) is 17.6. The van der Waals surface area contributed by atoms with Gasteiger partial charge in [-0.3, -0.25) is 9.20 Å². The van der Waals surface area contributed by atoms with Gasteiger partial charge in [-0.1, -0.05) is 0 Å². The molecule has 3 aromatic rings. The number of aromatic amines is 1. The van der Waals surface area contributed by atoms with Crippen LogP contribution in [0.4, 0.5) is 13.2 Å². The van der Waals surface area contributed by atoms with E-state index in [9.17, 15) is 18.0 Å². The molecule has 0 aliphatic carbocycles. The maximum Gasteiger partial charge on any atom is 0.416 e. The molecule has 0 aliphatic rings. The molecular weight excluding hydrogens is 355 g/mol. The molecule has 0 amide bonds. The van der Waals surface area contributed by atoms with Crippen molar-refractivity contribution in [1.29, 1.82) is 0 Å². The Hall–Kier alpha value is -2.03. The molecule has 9 heteroatoms. The molecule has 1 aromatic carbocycles. The van der Waals surface area contributed by atoms with Gasteiger partial charge in [0.15, 0.2) is 0 Å². The molecule has 3 rings (SSSR count). The van der Waals surface area contributed by atoms with Crippen LogP contribution in [0.15, 0.2) is 22.8 Å². The third-order valence-corrected chi connectivity index (χ3v) is 3.85. The van der Waals surface area contributed by atoms with E-state index >= 15 is 0 Å². The molecule has 21 heavy (non-hydrogen) atoms. The highest BCUT2D eigenvalue weighted by Gasteiger charge is 2.31. The number of nitrogens with zero attached hydrogens (tertiary/aromatic N) is 2. The topological polar surface area (TPSA) is 70.4 Å². The number of nitrogens with one attached hydrogen (secondary N) is 1. The molecule has 0 saturated heterocycles. The zero-order valence-electron chi connectivity index (χ0n) is 10.2. The number of rotatable bonds is 2. The molecule has 2 aromatic heterocycles. The Morgan fingerprint density at radius 1 is 1.43 bits per heavy atom. The second kappa shape index (κ2) is 4.48. The third-order valence-electron chi connectivity index (χ3n) is 3.02. The number of carbonyl (C=O) groups is 1. The third kappa shape index (κ3) is 2.27. The zero-order valence-corrected chi connectivity index (χ0v) is 11.8. The highest BCUT2D eigenvalue weighted by atomic mass is 79.9. The van der Waals surface area contributed by atoms with Crippen molar-refractivity contribution in [1.82, 2.24) is 14.4 Å². The van der Waals surface area contributed by atoms with Crippen molar-refractivity contribution in [2.24, 2.45) is 0 Å². The number of fused-ring (bicyclic) bond motifs is 3. The van der Waals surface area contributed by atoms with Gasteiger partial charge in [-0.15, -0.1) is 0 Å². The fourth-order valence-corrected chi connectivity index (χ4v) is 2.73. The molecule has 0 spiro atoms. The fraction of sp³-hybridized carbons (Fsp3) is 0.167. The first-order chi connectivity index (χ1) is 9.77. The van der Waals surface area contributed by atoms with Crippen molar-refractivity contribution >= 4 is 38.7 Å². The Labute approximate surface area is 123 Å². The number of hydrogen-bond acceptors (Lipinski definition) is 2. The van der Waals surface area contributed by atoms with E-state index in [4.69, 9.17) is 5.11 Å². The lowest BCUT2D eigenvalue weighted by atomic mass is 10.2. The van der Waals surface area contributed by atoms with Gasteiger partial charge >= 0.3 is 12.1 Å². The monoisotopic (exact) mass is 361 g/mol. The number of imidazole rings is 2. The lowest BCUT2D eigenvalue weighted by Crippen LogP contribution is -2.04. The molecule has 5 nitrogen and oxygen atoms in total. The maximum absolute atomic E-state index is 12.7. The summed E-state index contributed by atoms with van der Waals surface area (Å²) < 4.78 is 40.0. The van der Waals surface area contributed by atoms with E-state index in [1.165, 1.54) is 10.5 Å². The minimum Gasteiger partial charge on any atom is -0.481 e. The summed E-state index contributed by atoms with van der Waals surface area (Å²) in [6, 6.07) is 3.23. The smallest absolute Gasteiger partial charge is 0.416 e. The van der Waals surface area contributed by atoms with Crippen LogP contribution in [0.25, 0.3) is 16.8 Å². The second-order valence-corrected chi connectivity index (χ2v) is 5.19. The highest BCUT2D eigenvalue weighted by Crippen LogP contribution is 2.32. The van der Waals surface area contributed by atoms with Crippen LogP contribution in [0.3, 0.4) is 0 Å². The first kappa shape index (κ1) is 13.9. The maximum atomic E-state index is 12.7. The summed E-state index contributed by atoms with van der Waals surface area (Å²) in [6.07, 6.45) is -4.68. The summed E-state index contributed by atoms with van der Waals surface area (Å²) in [5, 5.41) is 8.80. The number of H-pyrrole nitrogens is 1. The predicted octanol–water partition coefficient (Wildman–Crippen LogP) is 3.22. The number of carboxylic acids is 1. The van der Waals surface area contributed by atoms with Crippen molar-refractivity contribution in [3.05, 3.63) is 34.1 Å². The minimum atomic E-state index is -4.43. The normalized spacial score (nSPS) is 12.4. The van der Waals surface area contributed by atoms with E-state index in [0.717, 1.165) is 12.1 Å². The Bertz CT molecular complexity index is 866. The SMILES string of the molecule is O=C(O)Cc1[nH]c2nc3cc(C(F)(F)F)ccc3n2c1Br. The first-order valence-electron chi connectivity index (χ1n) is 5.75. The Morgan fingerprint density at radius 2 is 2.14 bits per heavy atom. The number of hydrogen-bond donors (Lipinski definition) is 2. The number of carboxylic acid groups (broad SMARTS) is 1. The summed E-state index contributed by atoms with van der Waals surface area (Å²) >= 11 is 3.24. The van der Waals surface area contributed by atoms with Gasteiger partial charge < -0.3 is 10.1 Å². The Kier molecular flexibility index (Phi) is 2.97. The van der Waals surface area contributed by atoms with E-state index in [-0.39, 0.29) is 17.7 Å². The van der Waals surface area contributed by atoms with Crippen molar-refractivity contribution in [2.45, 2.75) is 12.6 Å². The van der Waals surface area contributed by atoms with E-state index < -0.39 is 17.7 Å². The average molecular weight is 362 g/mol. The fourth-order valence-electron chi connectivity index (χ4n) is 2.13. The molecule has 0 radical (unpaired) electrons. The molecule has 2 heterocycles. The predicted molar refractivity (Wildman–Crippen MR) is 71.1 cm³/mol. The Balaban J connectivity index is 2.21. The van der Waals surface area contributed by atoms with Crippen molar-refractivity contribution in [3.8, 4) is 0 Å². The van der Waals surface area contributed by atoms with Crippen LogP contribution in [0.1, 0.15) is 11.3 Å². The van der Waals surface area contributed by atoms with E-state index in [1.54, 1.807) is 0 Å². The van der Waals surface area contributed by atoms with Crippen molar-refractivity contribution in [2.75, 3.05) is 0 Å². The lowest BCUT2D eigenvalue weighted by molar-refractivity contribution is -0.138. The standard InChI is InChI=1S/C12H7BrF3N3O2/c13-10-7(4-9(20)21)18-11-17-6-3-5(12(14,15)16)1-2-8(6)19(10)11/h1-3H,4H2,(H,17,18)(H,20,21). The van der Waals surface area contributed by atoms with Gasteiger partial charge in [0.05, 0.1) is 28.7 Å². The van der Waals surface area contributed by atoms with Crippen LogP contribution in [0.2, 0.25) is 0 Å². The molecule has 0 saturated carbocycles. The molecule has 0 aliphatic heterocycles. The van der Waals surface area contributed by atoms with Gasteiger partial charge in [0.1, 0.15) is 4.60 Å². The van der Waals surface area contributed by atoms with Gasteiger partial charge in [0.25, 0.3) is 0 Å². The average Bonchev–Trinajstić information content (AvgIpc) is 2.85. The van der Waals surface area contributed by atoms with E-state index in [0.29, 0.717) is 15.8 Å². The van der Waals surface area contributed by atoms with Gasteiger partial charge in [0, 0.05) is 0 Å². The summed E-state index contributed by atoms with van der Waals surface area (Å²) in [5.74, 6) is -0.740. The molecule has 110 valence electrons. The summed E-state index contributed by atoms with van der Waals surface area (Å²) in [7, 11) is 0. The second-order valence-electron chi connectivity index (χ2n) is 4.44. The van der Waals surface area contributed by atoms with Crippen molar-refractivity contribution < 1.29 is 23.1 Å². The number of aliphatic carboxylic acids is 1. The van der Waals surface area contributed by atoms with Gasteiger partial charge in [-0.2, -0.15) is 13.2 Å². The van der Waals surface area contributed by atoms with Gasteiger partial charge in [0.2, 0.25) is 5.78 Å². The quantitative estimate of drug-likeness (QED) is 0.736.